The summed E-state index contributed by atoms with van der Waals surface area (Å²) in [5.41, 5.74) is 3.29. The van der Waals surface area contributed by atoms with Gasteiger partial charge in [0.1, 0.15) is 5.82 Å². The van der Waals surface area contributed by atoms with Gasteiger partial charge in [-0.2, -0.15) is 0 Å². The molecule has 5 nitrogen and oxygen atoms in total. The Bertz CT molecular complexity index is 618. The van der Waals surface area contributed by atoms with E-state index in [0.717, 1.165) is 16.7 Å². The number of benzene rings is 1. The molecule has 0 unspecified atom stereocenters. The molecule has 98 valence electrons. The van der Waals surface area contributed by atoms with Crippen molar-refractivity contribution in [2.24, 2.45) is 0 Å². The van der Waals surface area contributed by atoms with Gasteiger partial charge in [0.15, 0.2) is 5.69 Å². The van der Waals surface area contributed by atoms with Gasteiger partial charge in [0.2, 0.25) is 0 Å². The summed E-state index contributed by atoms with van der Waals surface area (Å²) in [6.07, 6.45) is 0. The van der Waals surface area contributed by atoms with Crippen molar-refractivity contribution in [2.75, 3.05) is 12.4 Å². The summed E-state index contributed by atoms with van der Waals surface area (Å²) in [6.45, 7) is 3.93. The predicted octanol–water partition coefficient (Wildman–Crippen LogP) is 3.32. The van der Waals surface area contributed by atoms with Gasteiger partial charge >= 0.3 is 0 Å². The molecule has 0 saturated carbocycles. The highest BCUT2D eigenvalue weighted by molar-refractivity contribution is 5.72. The quantitative estimate of drug-likeness (QED) is 0.676. The molecule has 1 heterocycles. The van der Waals surface area contributed by atoms with E-state index < -0.39 is 4.92 Å². The van der Waals surface area contributed by atoms with Crippen LogP contribution in [-0.4, -0.2) is 17.0 Å². The molecule has 2 rings (SSSR count). The molecule has 1 N–H and O–H groups in total. The lowest BCUT2D eigenvalue weighted by Gasteiger charge is -2.07. The van der Waals surface area contributed by atoms with Gasteiger partial charge in [-0.1, -0.05) is 17.2 Å². The minimum atomic E-state index is -0.403. The van der Waals surface area contributed by atoms with Crippen LogP contribution in [0.15, 0.2) is 30.3 Å². The minimum Gasteiger partial charge on any atom is -0.373 e. The molecule has 0 amide bonds. The predicted molar refractivity (Wildman–Crippen MR) is 75.3 cm³/mol. The van der Waals surface area contributed by atoms with Crippen LogP contribution in [0.5, 0.6) is 0 Å². The molecule has 0 aliphatic carbocycles. The summed E-state index contributed by atoms with van der Waals surface area (Å²) in [5.74, 6) is 0.611. The molecule has 0 saturated heterocycles. The molecular weight excluding hydrogens is 242 g/mol. The molecule has 1 aromatic heterocycles. The zero-order valence-corrected chi connectivity index (χ0v) is 11.1. The fraction of sp³-hybridized carbons (Fsp3) is 0.214. The Morgan fingerprint density at radius 2 is 1.79 bits per heavy atom. The number of anilines is 1. The molecule has 0 radical (unpaired) electrons. The third-order valence-corrected chi connectivity index (χ3v) is 2.82. The summed E-state index contributed by atoms with van der Waals surface area (Å²) < 4.78 is 0. The lowest BCUT2D eigenvalue weighted by molar-refractivity contribution is -0.384. The molecule has 1 aromatic carbocycles. The first-order valence-corrected chi connectivity index (χ1v) is 5.93. The van der Waals surface area contributed by atoms with Crippen LogP contribution in [0, 0.1) is 24.0 Å². The van der Waals surface area contributed by atoms with Gasteiger partial charge in [0.25, 0.3) is 5.69 Å². The van der Waals surface area contributed by atoms with Crippen LogP contribution in [-0.2, 0) is 0 Å². The molecule has 5 heteroatoms. The number of aryl methyl sites for hydroxylation is 2. The highest BCUT2D eigenvalue weighted by Crippen LogP contribution is 2.30. The van der Waals surface area contributed by atoms with Crippen molar-refractivity contribution >= 4 is 11.5 Å². The monoisotopic (exact) mass is 257 g/mol. The largest absolute Gasteiger partial charge is 0.373 e. The summed E-state index contributed by atoms with van der Waals surface area (Å²) in [6, 6.07) is 8.91. The maximum Gasteiger partial charge on any atom is 0.295 e. The summed E-state index contributed by atoms with van der Waals surface area (Å²) in [4.78, 5) is 15.0. The van der Waals surface area contributed by atoms with Crippen molar-refractivity contribution in [3.63, 3.8) is 0 Å². The van der Waals surface area contributed by atoms with Gasteiger partial charge in [-0.25, -0.2) is 4.98 Å². The Hall–Kier alpha value is -2.43. The molecule has 2 aromatic rings. The smallest absolute Gasteiger partial charge is 0.295 e. The van der Waals surface area contributed by atoms with Crippen LogP contribution in [0.25, 0.3) is 11.3 Å². The fourth-order valence-electron chi connectivity index (χ4n) is 2.06. The first-order valence-electron chi connectivity index (χ1n) is 5.93. The van der Waals surface area contributed by atoms with Crippen LogP contribution >= 0.6 is 0 Å². The third-order valence-electron chi connectivity index (χ3n) is 2.82. The van der Waals surface area contributed by atoms with Crippen molar-refractivity contribution in [2.45, 2.75) is 13.8 Å². The van der Waals surface area contributed by atoms with Crippen molar-refractivity contribution < 1.29 is 4.92 Å². The van der Waals surface area contributed by atoms with Crippen LogP contribution < -0.4 is 5.32 Å². The normalized spacial score (nSPS) is 10.3. The zero-order valence-electron chi connectivity index (χ0n) is 11.1. The van der Waals surface area contributed by atoms with Crippen molar-refractivity contribution in [1.29, 1.82) is 0 Å². The molecule has 0 spiro atoms. The van der Waals surface area contributed by atoms with E-state index in [1.165, 1.54) is 6.07 Å². The minimum absolute atomic E-state index is 0.0176. The van der Waals surface area contributed by atoms with E-state index in [2.05, 4.69) is 10.3 Å². The third kappa shape index (κ3) is 2.70. The number of hydrogen-bond donors (Lipinski definition) is 1. The average molecular weight is 257 g/mol. The van der Waals surface area contributed by atoms with Crippen LogP contribution in [0.2, 0.25) is 0 Å². The van der Waals surface area contributed by atoms with Gasteiger partial charge in [0, 0.05) is 18.7 Å². The lowest BCUT2D eigenvalue weighted by atomic mass is 10.0. The van der Waals surface area contributed by atoms with E-state index in [1.54, 1.807) is 13.1 Å². The number of pyridine rings is 1. The van der Waals surface area contributed by atoms with E-state index in [0.29, 0.717) is 11.5 Å². The molecule has 0 bridgehead atoms. The summed E-state index contributed by atoms with van der Waals surface area (Å²) in [7, 11) is 1.74. The molecule has 0 aliphatic heterocycles. The lowest BCUT2D eigenvalue weighted by Crippen LogP contribution is -1.99. The van der Waals surface area contributed by atoms with E-state index in [-0.39, 0.29) is 5.69 Å². The zero-order chi connectivity index (χ0) is 14.0. The summed E-state index contributed by atoms with van der Waals surface area (Å²) >= 11 is 0. The van der Waals surface area contributed by atoms with Crippen molar-refractivity contribution in [3.8, 4) is 11.3 Å². The molecule has 19 heavy (non-hydrogen) atoms. The standard InChI is InChI=1S/C14H15N3O2/c1-9-6-10(2)8-11(7-9)14-12(17(18)19)4-5-13(15-3)16-14/h4-8H,1-3H3,(H,15,16). The van der Waals surface area contributed by atoms with Gasteiger partial charge in [-0.3, -0.25) is 10.1 Å². The first kappa shape index (κ1) is 13.0. The van der Waals surface area contributed by atoms with Gasteiger partial charge in [-0.15, -0.1) is 0 Å². The average Bonchev–Trinajstić information content (AvgIpc) is 2.36. The van der Waals surface area contributed by atoms with Gasteiger partial charge < -0.3 is 5.32 Å². The Morgan fingerprint density at radius 3 is 2.32 bits per heavy atom. The van der Waals surface area contributed by atoms with Crippen molar-refractivity contribution in [1.82, 2.24) is 4.98 Å². The number of nitro groups is 1. The maximum atomic E-state index is 11.1. The van der Waals surface area contributed by atoms with Crippen LogP contribution in [0.4, 0.5) is 11.5 Å². The number of nitrogens with zero attached hydrogens (tertiary/aromatic N) is 2. The van der Waals surface area contributed by atoms with Crippen LogP contribution in [0.3, 0.4) is 0 Å². The second-order valence-corrected chi connectivity index (χ2v) is 4.45. The summed E-state index contributed by atoms with van der Waals surface area (Å²) in [5, 5.41) is 14.0. The van der Waals surface area contributed by atoms with E-state index in [9.17, 15) is 10.1 Å². The number of aromatic nitrogens is 1. The first-order chi connectivity index (χ1) is 9.01. The molecule has 0 aliphatic rings. The highest BCUT2D eigenvalue weighted by Gasteiger charge is 2.17. The van der Waals surface area contributed by atoms with Crippen LogP contribution in [0.1, 0.15) is 11.1 Å². The topological polar surface area (TPSA) is 68.1 Å². The molecular formula is C14H15N3O2. The van der Waals surface area contributed by atoms with E-state index in [1.807, 2.05) is 32.0 Å². The van der Waals surface area contributed by atoms with E-state index >= 15 is 0 Å². The maximum absolute atomic E-state index is 11.1. The molecule has 0 fully saturated rings. The Kier molecular flexibility index (Phi) is 3.46. The highest BCUT2D eigenvalue weighted by atomic mass is 16.6. The molecule has 0 atom stereocenters. The second-order valence-electron chi connectivity index (χ2n) is 4.45. The number of rotatable bonds is 3. The SMILES string of the molecule is CNc1ccc([N+](=O)[O-])c(-c2cc(C)cc(C)c2)n1. The van der Waals surface area contributed by atoms with Gasteiger partial charge in [-0.05, 0) is 32.0 Å². The Labute approximate surface area is 111 Å². The van der Waals surface area contributed by atoms with Gasteiger partial charge in [0.05, 0.1) is 4.92 Å². The van der Waals surface area contributed by atoms with E-state index in [4.69, 9.17) is 0 Å². The fourth-order valence-corrected chi connectivity index (χ4v) is 2.06. The Balaban J connectivity index is 2.67. The Morgan fingerprint density at radius 1 is 1.16 bits per heavy atom. The number of nitrogens with one attached hydrogen (secondary N) is 1. The second kappa shape index (κ2) is 5.06. The van der Waals surface area contributed by atoms with Crippen molar-refractivity contribution in [3.05, 3.63) is 51.6 Å². The number of hydrogen-bond acceptors (Lipinski definition) is 4.